The van der Waals surface area contributed by atoms with Crippen molar-refractivity contribution in [2.45, 2.75) is 13.0 Å². The van der Waals surface area contributed by atoms with Crippen molar-refractivity contribution >= 4 is 33.4 Å². The van der Waals surface area contributed by atoms with Crippen LogP contribution in [0.25, 0.3) is 0 Å². The van der Waals surface area contributed by atoms with E-state index in [9.17, 15) is 9.59 Å². The molecule has 0 aliphatic carbocycles. The zero-order chi connectivity index (χ0) is 20.6. The summed E-state index contributed by atoms with van der Waals surface area (Å²) in [5, 5.41) is 0. The van der Waals surface area contributed by atoms with Gasteiger partial charge >= 0.3 is 0 Å². The van der Waals surface area contributed by atoms with Crippen LogP contribution in [-0.4, -0.2) is 23.4 Å². The zero-order valence-corrected chi connectivity index (χ0v) is 17.2. The van der Waals surface area contributed by atoms with Crippen LogP contribution in [0.2, 0.25) is 0 Å². The molecule has 0 aliphatic heterocycles. The number of hydrogen-bond acceptors (Lipinski definition) is 4. The summed E-state index contributed by atoms with van der Waals surface area (Å²) in [6, 6.07) is 20.0. The average Bonchev–Trinajstić information content (AvgIpc) is 2.72. The van der Waals surface area contributed by atoms with Crippen molar-refractivity contribution in [1.82, 2.24) is 4.98 Å². The highest BCUT2D eigenvalue weighted by Gasteiger charge is 2.17. The topological polar surface area (TPSA) is 85.5 Å². The van der Waals surface area contributed by atoms with Gasteiger partial charge in [-0.2, -0.15) is 0 Å². The Labute approximate surface area is 177 Å². The lowest BCUT2D eigenvalue weighted by Crippen LogP contribution is -2.34. The standard InChI is InChI=1S/C22H20BrN3O3/c23-17-6-8-19(9-7-17)26(14-18-3-1-2-12-25-18)22(28)15-29-20-10-4-16(5-11-20)13-21(24)27/h1-12H,13-15H2,(H2,24,27). The van der Waals surface area contributed by atoms with Crippen LogP contribution in [-0.2, 0) is 22.6 Å². The quantitative estimate of drug-likeness (QED) is 0.565. The van der Waals surface area contributed by atoms with Crippen LogP contribution in [0.4, 0.5) is 5.69 Å². The van der Waals surface area contributed by atoms with Gasteiger partial charge in [0.2, 0.25) is 5.91 Å². The predicted octanol–water partition coefficient (Wildman–Crippen LogP) is 3.48. The van der Waals surface area contributed by atoms with Crippen molar-refractivity contribution in [1.29, 1.82) is 0 Å². The van der Waals surface area contributed by atoms with Gasteiger partial charge in [0.25, 0.3) is 5.91 Å². The molecule has 0 saturated heterocycles. The second-order valence-corrected chi connectivity index (χ2v) is 7.27. The molecular weight excluding hydrogens is 434 g/mol. The van der Waals surface area contributed by atoms with Crippen LogP contribution in [0.1, 0.15) is 11.3 Å². The van der Waals surface area contributed by atoms with E-state index in [4.69, 9.17) is 10.5 Å². The van der Waals surface area contributed by atoms with E-state index in [1.54, 1.807) is 35.4 Å². The maximum atomic E-state index is 12.9. The molecule has 1 heterocycles. The molecule has 148 valence electrons. The van der Waals surface area contributed by atoms with Gasteiger partial charge in [0.15, 0.2) is 6.61 Å². The van der Waals surface area contributed by atoms with Gasteiger partial charge in [-0.15, -0.1) is 0 Å². The SMILES string of the molecule is NC(=O)Cc1ccc(OCC(=O)N(Cc2ccccn2)c2ccc(Br)cc2)cc1. The van der Waals surface area contributed by atoms with E-state index in [1.165, 1.54) is 0 Å². The number of hydrogen-bond donors (Lipinski definition) is 1. The summed E-state index contributed by atoms with van der Waals surface area (Å²) in [7, 11) is 0. The van der Waals surface area contributed by atoms with Gasteiger partial charge in [-0.05, 0) is 54.1 Å². The monoisotopic (exact) mass is 453 g/mol. The molecule has 0 saturated carbocycles. The number of amides is 2. The molecular formula is C22H20BrN3O3. The van der Waals surface area contributed by atoms with Crippen LogP contribution in [0.3, 0.4) is 0 Å². The molecule has 2 aromatic carbocycles. The lowest BCUT2D eigenvalue weighted by atomic mass is 10.1. The minimum absolute atomic E-state index is 0.127. The Balaban J connectivity index is 1.70. The molecule has 0 atom stereocenters. The molecule has 0 unspecified atom stereocenters. The number of aromatic nitrogens is 1. The summed E-state index contributed by atoms with van der Waals surface area (Å²) in [6.07, 6.45) is 1.87. The number of ether oxygens (including phenoxy) is 1. The van der Waals surface area contributed by atoms with Gasteiger partial charge in [-0.3, -0.25) is 14.6 Å². The third-order valence-electron chi connectivity index (χ3n) is 4.15. The number of pyridine rings is 1. The van der Waals surface area contributed by atoms with Crippen molar-refractivity contribution in [3.8, 4) is 5.75 Å². The van der Waals surface area contributed by atoms with E-state index in [-0.39, 0.29) is 18.9 Å². The summed E-state index contributed by atoms with van der Waals surface area (Å²) < 4.78 is 6.58. The number of carbonyl (C=O) groups excluding carboxylic acids is 2. The molecule has 0 fully saturated rings. The number of nitrogens with two attached hydrogens (primary N) is 1. The Morgan fingerprint density at radius 3 is 2.34 bits per heavy atom. The molecule has 1 aromatic heterocycles. The van der Waals surface area contributed by atoms with Crippen LogP contribution >= 0.6 is 15.9 Å². The molecule has 7 heteroatoms. The largest absolute Gasteiger partial charge is 0.484 e. The van der Waals surface area contributed by atoms with Crippen molar-refractivity contribution in [3.05, 3.63) is 88.7 Å². The smallest absolute Gasteiger partial charge is 0.265 e. The molecule has 0 spiro atoms. The van der Waals surface area contributed by atoms with E-state index in [1.807, 2.05) is 42.5 Å². The molecule has 3 rings (SSSR count). The average molecular weight is 454 g/mol. The van der Waals surface area contributed by atoms with Crippen molar-refractivity contribution < 1.29 is 14.3 Å². The summed E-state index contributed by atoms with van der Waals surface area (Å²) in [5.74, 6) is -0.0483. The van der Waals surface area contributed by atoms with E-state index < -0.39 is 5.91 Å². The Kier molecular flexibility index (Phi) is 6.97. The first-order chi connectivity index (χ1) is 14.0. The third kappa shape index (κ3) is 6.15. The number of carbonyl (C=O) groups is 2. The van der Waals surface area contributed by atoms with Gasteiger partial charge in [0.05, 0.1) is 18.7 Å². The highest BCUT2D eigenvalue weighted by molar-refractivity contribution is 9.10. The zero-order valence-electron chi connectivity index (χ0n) is 15.6. The van der Waals surface area contributed by atoms with E-state index in [0.717, 1.165) is 21.4 Å². The first kappa shape index (κ1) is 20.5. The van der Waals surface area contributed by atoms with Crippen molar-refractivity contribution in [2.24, 2.45) is 5.73 Å². The summed E-state index contributed by atoms with van der Waals surface area (Å²) >= 11 is 3.41. The van der Waals surface area contributed by atoms with Crippen LogP contribution < -0.4 is 15.4 Å². The first-order valence-electron chi connectivity index (χ1n) is 8.97. The maximum absolute atomic E-state index is 12.9. The van der Waals surface area contributed by atoms with Crippen molar-refractivity contribution in [3.63, 3.8) is 0 Å². The molecule has 0 aliphatic rings. The van der Waals surface area contributed by atoms with Gasteiger partial charge in [-0.1, -0.05) is 34.1 Å². The number of rotatable bonds is 8. The molecule has 0 radical (unpaired) electrons. The van der Waals surface area contributed by atoms with Gasteiger partial charge in [-0.25, -0.2) is 0 Å². The lowest BCUT2D eigenvalue weighted by molar-refractivity contribution is -0.120. The summed E-state index contributed by atoms with van der Waals surface area (Å²) in [5.41, 5.74) is 7.52. The number of primary amides is 1. The molecule has 0 bridgehead atoms. The van der Waals surface area contributed by atoms with Crippen LogP contribution in [0, 0.1) is 0 Å². The fraction of sp³-hybridized carbons (Fsp3) is 0.136. The summed E-state index contributed by atoms with van der Waals surface area (Å²) in [4.78, 5) is 29.9. The molecule has 29 heavy (non-hydrogen) atoms. The van der Waals surface area contributed by atoms with Crippen molar-refractivity contribution in [2.75, 3.05) is 11.5 Å². The minimum atomic E-state index is -0.395. The van der Waals surface area contributed by atoms with E-state index >= 15 is 0 Å². The number of anilines is 1. The Hall–Kier alpha value is -3.19. The van der Waals surface area contributed by atoms with Gasteiger partial charge in [0, 0.05) is 16.4 Å². The first-order valence-corrected chi connectivity index (χ1v) is 9.76. The number of halogens is 1. The van der Waals surface area contributed by atoms with Crippen LogP contribution in [0.5, 0.6) is 5.75 Å². The van der Waals surface area contributed by atoms with Gasteiger partial charge < -0.3 is 15.4 Å². The fourth-order valence-electron chi connectivity index (χ4n) is 2.73. The Morgan fingerprint density at radius 2 is 1.72 bits per heavy atom. The Morgan fingerprint density at radius 1 is 1.00 bits per heavy atom. The van der Waals surface area contributed by atoms with Gasteiger partial charge in [0.1, 0.15) is 5.75 Å². The maximum Gasteiger partial charge on any atom is 0.265 e. The predicted molar refractivity (Wildman–Crippen MR) is 114 cm³/mol. The minimum Gasteiger partial charge on any atom is -0.484 e. The number of benzene rings is 2. The highest BCUT2D eigenvalue weighted by Crippen LogP contribution is 2.21. The highest BCUT2D eigenvalue weighted by atomic mass is 79.9. The molecule has 2 N–H and O–H groups in total. The Bertz CT molecular complexity index is 961. The third-order valence-corrected chi connectivity index (χ3v) is 4.68. The summed E-state index contributed by atoms with van der Waals surface area (Å²) in [6.45, 7) is 0.209. The lowest BCUT2D eigenvalue weighted by Gasteiger charge is -2.23. The number of nitrogens with zero attached hydrogens (tertiary/aromatic N) is 2. The molecule has 2 amide bonds. The second kappa shape index (κ2) is 9.84. The normalized spacial score (nSPS) is 10.4. The molecule has 3 aromatic rings. The molecule has 6 nitrogen and oxygen atoms in total. The second-order valence-electron chi connectivity index (χ2n) is 6.35. The van der Waals surface area contributed by atoms with E-state index in [0.29, 0.717) is 12.3 Å². The fourth-order valence-corrected chi connectivity index (χ4v) is 2.99. The van der Waals surface area contributed by atoms with E-state index in [2.05, 4.69) is 20.9 Å². The van der Waals surface area contributed by atoms with Crippen LogP contribution in [0.15, 0.2) is 77.4 Å².